The standard InChI is InChI=1S/C30H28N2O8S/c1-6-40-19-11-12-20-23(15-19)41-30(31-20)32-25(17-13-21(37-3)28(39-5)22(14-17)38-4)24(27(34)29(32)35)26(33)16-7-9-18(36-2)10-8-16/h7-15,25,33H,6H2,1-5H3/b26-24+. The Kier molecular flexibility index (Phi) is 7.71. The van der Waals surface area contributed by atoms with Crippen LogP contribution in [-0.4, -0.2) is 56.8 Å². The average molecular weight is 577 g/mol. The summed E-state index contributed by atoms with van der Waals surface area (Å²) in [5.74, 6) is 0.197. The Bertz CT molecular complexity index is 1640. The normalized spacial score (nSPS) is 16.2. The van der Waals surface area contributed by atoms with Crippen molar-refractivity contribution in [3.8, 4) is 28.7 Å². The molecule has 1 fully saturated rings. The Balaban J connectivity index is 1.75. The fraction of sp³-hybridized carbons (Fsp3) is 0.233. The number of Topliss-reactive ketones (excluding diaryl/α,β-unsaturated/α-hetero) is 1. The molecule has 0 spiro atoms. The van der Waals surface area contributed by atoms with E-state index in [0.717, 1.165) is 4.70 Å². The number of hydrogen-bond acceptors (Lipinski definition) is 10. The molecule has 0 aliphatic carbocycles. The summed E-state index contributed by atoms with van der Waals surface area (Å²) in [5.41, 5.74) is 1.31. The number of fused-ring (bicyclic) bond motifs is 1. The van der Waals surface area contributed by atoms with Crippen LogP contribution in [0.2, 0.25) is 0 Å². The topological polar surface area (TPSA) is 117 Å². The van der Waals surface area contributed by atoms with Gasteiger partial charge in [0.05, 0.1) is 56.9 Å². The number of hydrogen-bond donors (Lipinski definition) is 1. The largest absolute Gasteiger partial charge is 0.507 e. The first-order chi connectivity index (χ1) is 19.8. The Morgan fingerprint density at radius 2 is 1.56 bits per heavy atom. The van der Waals surface area contributed by atoms with Crippen molar-refractivity contribution >= 4 is 44.1 Å². The SMILES string of the molecule is CCOc1ccc2nc(N3C(=O)C(=O)/C(=C(/O)c4ccc(OC)cc4)C3c3cc(OC)c(OC)c(OC)c3)sc2c1. The minimum Gasteiger partial charge on any atom is -0.507 e. The Morgan fingerprint density at radius 1 is 0.902 bits per heavy atom. The highest BCUT2D eigenvalue weighted by Crippen LogP contribution is 2.48. The lowest BCUT2D eigenvalue weighted by Crippen LogP contribution is -2.29. The first-order valence-corrected chi connectivity index (χ1v) is 13.5. The van der Waals surface area contributed by atoms with Crippen LogP contribution in [-0.2, 0) is 9.59 Å². The van der Waals surface area contributed by atoms with Gasteiger partial charge in [0.15, 0.2) is 16.6 Å². The Labute approximate surface area is 240 Å². The summed E-state index contributed by atoms with van der Waals surface area (Å²) in [4.78, 5) is 33.3. The van der Waals surface area contributed by atoms with Crippen molar-refractivity contribution in [1.82, 2.24) is 4.98 Å². The van der Waals surface area contributed by atoms with Gasteiger partial charge in [-0.15, -0.1) is 0 Å². The van der Waals surface area contributed by atoms with Gasteiger partial charge in [0.2, 0.25) is 5.75 Å². The highest BCUT2D eigenvalue weighted by atomic mass is 32.1. The summed E-state index contributed by atoms with van der Waals surface area (Å²) in [6.07, 6.45) is 0. The molecule has 0 saturated carbocycles. The summed E-state index contributed by atoms with van der Waals surface area (Å²) in [6, 6.07) is 14.2. The second kappa shape index (κ2) is 11.4. The number of ketones is 1. The quantitative estimate of drug-likeness (QED) is 0.160. The van der Waals surface area contributed by atoms with Crippen LogP contribution in [0, 0.1) is 0 Å². The van der Waals surface area contributed by atoms with Gasteiger partial charge in [0.25, 0.3) is 5.78 Å². The van der Waals surface area contributed by atoms with Gasteiger partial charge in [-0.25, -0.2) is 4.98 Å². The smallest absolute Gasteiger partial charge is 0.301 e. The second-order valence-corrected chi connectivity index (χ2v) is 9.92. The molecule has 1 aliphatic heterocycles. The van der Waals surface area contributed by atoms with E-state index in [-0.39, 0.29) is 16.5 Å². The van der Waals surface area contributed by atoms with Gasteiger partial charge in [0.1, 0.15) is 17.3 Å². The number of nitrogens with zero attached hydrogens (tertiary/aromatic N) is 2. The van der Waals surface area contributed by atoms with Gasteiger partial charge < -0.3 is 28.8 Å². The monoisotopic (exact) mass is 576 g/mol. The number of benzene rings is 3. The van der Waals surface area contributed by atoms with Crippen LogP contribution in [0.1, 0.15) is 24.1 Å². The van der Waals surface area contributed by atoms with E-state index in [0.29, 0.717) is 52.0 Å². The summed E-state index contributed by atoms with van der Waals surface area (Å²) in [6.45, 7) is 2.39. The number of rotatable bonds is 9. The van der Waals surface area contributed by atoms with E-state index in [1.807, 2.05) is 13.0 Å². The van der Waals surface area contributed by atoms with Crippen LogP contribution < -0.4 is 28.6 Å². The number of amides is 1. The molecule has 1 unspecified atom stereocenters. The molecule has 4 aromatic rings. The van der Waals surface area contributed by atoms with Crippen LogP contribution in [0.5, 0.6) is 28.7 Å². The molecule has 41 heavy (non-hydrogen) atoms. The number of aliphatic hydroxyl groups excluding tert-OH is 1. The third-order valence-electron chi connectivity index (χ3n) is 6.68. The van der Waals surface area contributed by atoms with E-state index in [4.69, 9.17) is 23.7 Å². The lowest BCUT2D eigenvalue weighted by Gasteiger charge is -2.24. The molecule has 10 nitrogen and oxygen atoms in total. The van der Waals surface area contributed by atoms with Crippen molar-refractivity contribution in [2.24, 2.45) is 0 Å². The molecule has 1 saturated heterocycles. The van der Waals surface area contributed by atoms with Crippen LogP contribution in [0.25, 0.3) is 16.0 Å². The van der Waals surface area contributed by atoms with Crippen molar-refractivity contribution < 1.29 is 38.4 Å². The maximum atomic E-state index is 13.7. The van der Waals surface area contributed by atoms with Crippen LogP contribution in [0.15, 0.2) is 60.2 Å². The zero-order valence-electron chi connectivity index (χ0n) is 23.1. The molecule has 11 heteroatoms. The van der Waals surface area contributed by atoms with Crippen LogP contribution in [0.4, 0.5) is 5.13 Å². The van der Waals surface area contributed by atoms with Crippen molar-refractivity contribution in [1.29, 1.82) is 0 Å². The van der Waals surface area contributed by atoms with Crippen molar-refractivity contribution in [3.05, 3.63) is 71.3 Å². The number of ether oxygens (including phenoxy) is 5. The van der Waals surface area contributed by atoms with E-state index in [1.165, 1.54) is 44.7 Å². The Hall–Kier alpha value is -4.77. The number of thiazole rings is 1. The minimum absolute atomic E-state index is 0.108. The molecule has 0 radical (unpaired) electrons. The molecule has 2 heterocycles. The maximum Gasteiger partial charge on any atom is 0.301 e. The number of methoxy groups -OCH3 is 4. The Morgan fingerprint density at radius 3 is 2.15 bits per heavy atom. The molecule has 1 aromatic heterocycles. The van der Waals surface area contributed by atoms with Gasteiger partial charge >= 0.3 is 5.91 Å². The van der Waals surface area contributed by atoms with Crippen LogP contribution >= 0.6 is 11.3 Å². The van der Waals surface area contributed by atoms with E-state index in [1.54, 1.807) is 48.5 Å². The molecule has 3 aromatic carbocycles. The van der Waals surface area contributed by atoms with E-state index in [2.05, 4.69) is 4.98 Å². The molecule has 1 aliphatic rings. The van der Waals surface area contributed by atoms with Crippen molar-refractivity contribution in [2.45, 2.75) is 13.0 Å². The summed E-state index contributed by atoms with van der Waals surface area (Å²) < 4.78 is 28.2. The first-order valence-electron chi connectivity index (χ1n) is 12.6. The molecule has 1 N–H and O–H groups in total. The van der Waals surface area contributed by atoms with Crippen molar-refractivity contribution in [2.75, 3.05) is 39.9 Å². The zero-order valence-corrected chi connectivity index (χ0v) is 23.9. The average Bonchev–Trinajstić information content (AvgIpc) is 3.53. The number of aromatic nitrogens is 1. The molecule has 1 amide bonds. The van der Waals surface area contributed by atoms with Gasteiger partial charge in [-0.3, -0.25) is 14.5 Å². The van der Waals surface area contributed by atoms with E-state index in [9.17, 15) is 14.7 Å². The zero-order chi connectivity index (χ0) is 29.3. The lowest BCUT2D eigenvalue weighted by molar-refractivity contribution is -0.132. The third-order valence-corrected chi connectivity index (χ3v) is 7.69. The molecule has 1 atom stereocenters. The van der Waals surface area contributed by atoms with Gasteiger partial charge in [-0.2, -0.15) is 0 Å². The predicted molar refractivity (Wildman–Crippen MR) is 155 cm³/mol. The molecule has 5 rings (SSSR count). The van der Waals surface area contributed by atoms with Crippen molar-refractivity contribution in [3.63, 3.8) is 0 Å². The fourth-order valence-electron chi connectivity index (χ4n) is 4.76. The molecular weight excluding hydrogens is 548 g/mol. The van der Waals surface area contributed by atoms with Gasteiger partial charge in [-0.1, -0.05) is 11.3 Å². The number of carbonyl (C=O) groups is 2. The van der Waals surface area contributed by atoms with Gasteiger partial charge in [0, 0.05) is 5.56 Å². The number of aliphatic hydroxyl groups is 1. The fourth-order valence-corrected chi connectivity index (χ4v) is 5.78. The predicted octanol–water partition coefficient (Wildman–Crippen LogP) is 5.36. The lowest BCUT2D eigenvalue weighted by atomic mass is 9.94. The molecular formula is C30H28N2O8S. The first kappa shape index (κ1) is 27.8. The number of anilines is 1. The third kappa shape index (κ3) is 4.89. The number of carbonyl (C=O) groups excluding carboxylic acids is 2. The molecule has 212 valence electrons. The summed E-state index contributed by atoms with van der Waals surface area (Å²) in [5, 5.41) is 11.8. The summed E-state index contributed by atoms with van der Waals surface area (Å²) >= 11 is 1.23. The highest BCUT2D eigenvalue weighted by molar-refractivity contribution is 7.22. The van der Waals surface area contributed by atoms with Gasteiger partial charge in [-0.05, 0) is 67.1 Å². The van der Waals surface area contributed by atoms with E-state index >= 15 is 0 Å². The maximum absolute atomic E-state index is 13.7. The van der Waals surface area contributed by atoms with Crippen LogP contribution in [0.3, 0.4) is 0 Å². The summed E-state index contributed by atoms with van der Waals surface area (Å²) in [7, 11) is 5.95. The molecule has 0 bridgehead atoms. The van der Waals surface area contributed by atoms with E-state index < -0.39 is 17.7 Å². The minimum atomic E-state index is -1.06. The highest BCUT2D eigenvalue weighted by Gasteiger charge is 2.48. The second-order valence-electron chi connectivity index (χ2n) is 8.92.